The lowest BCUT2D eigenvalue weighted by Gasteiger charge is -2.31. The average Bonchev–Trinajstić information content (AvgIpc) is 3.30. The molecule has 2 saturated heterocycles. The Hall–Kier alpha value is -2.81. The van der Waals surface area contributed by atoms with Crippen molar-refractivity contribution in [2.75, 3.05) is 59.4 Å². The van der Waals surface area contributed by atoms with Gasteiger partial charge in [-0.25, -0.2) is 0 Å². The maximum Gasteiger partial charge on any atom is 0.308 e. The predicted octanol–water partition coefficient (Wildman–Crippen LogP) is 1.76. The number of nitrogens with zero attached hydrogens (tertiary/aromatic N) is 2. The largest absolute Gasteiger partial charge is 0.493 e. The molecule has 9 heteroatoms. The SMILES string of the molecule is COC(=O)C1CCN(C(=O)c2cc(NC(=O)CN3CCCC3)c(OC)c(OC)c2)CC1. The lowest BCUT2D eigenvalue weighted by Crippen LogP contribution is -2.40. The number of benzene rings is 1. The van der Waals surface area contributed by atoms with E-state index in [1.807, 2.05) is 0 Å². The molecule has 1 aromatic rings. The third-order valence-electron chi connectivity index (χ3n) is 5.88. The van der Waals surface area contributed by atoms with Crippen LogP contribution in [0.2, 0.25) is 0 Å². The second-order valence-corrected chi connectivity index (χ2v) is 7.88. The van der Waals surface area contributed by atoms with Gasteiger partial charge in [0.15, 0.2) is 11.5 Å². The van der Waals surface area contributed by atoms with E-state index in [-0.39, 0.29) is 23.7 Å². The highest BCUT2D eigenvalue weighted by molar-refractivity contribution is 6.00. The maximum atomic E-state index is 13.1. The molecule has 2 fully saturated rings. The molecule has 0 saturated carbocycles. The van der Waals surface area contributed by atoms with Gasteiger partial charge in [0.05, 0.1) is 39.5 Å². The van der Waals surface area contributed by atoms with Gasteiger partial charge in [0, 0.05) is 18.7 Å². The Morgan fingerprint density at radius 2 is 1.68 bits per heavy atom. The molecule has 0 spiro atoms. The number of carbonyl (C=O) groups is 3. The number of piperidine rings is 1. The van der Waals surface area contributed by atoms with Gasteiger partial charge in [0.1, 0.15) is 0 Å². The summed E-state index contributed by atoms with van der Waals surface area (Å²) in [5.41, 5.74) is 0.796. The van der Waals surface area contributed by atoms with Crippen LogP contribution in [-0.4, -0.2) is 81.6 Å². The van der Waals surface area contributed by atoms with E-state index in [4.69, 9.17) is 14.2 Å². The van der Waals surface area contributed by atoms with Crippen LogP contribution in [-0.2, 0) is 14.3 Å². The summed E-state index contributed by atoms with van der Waals surface area (Å²) >= 11 is 0. The lowest BCUT2D eigenvalue weighted by atomic mass is 9.96. The minimum Gasteiger partial charge on any atom is -0.493 e. The van der Waals surface area contributed by atoms with E-state index in [1.165, 1.54) is 21.3 Å². The zero-order valence-electron chi connectivity index (χ0n) is 18.4. The van der Waals surface area contributed by atoms with Crippen LogP contribution in [0.3, 0.4) is 0 Å². The van der Waals surface area contributed by atoms with E-state index in [1.54, 1.807) is 17.0 Å². The predicted molar refractivity (Wildman–Crippen MR) is 114 cm³/mol. The van der Waals surface area contributed by atoms with Gasteiger partial charge >= 0.3 is 5.97 Å². The van der Waals surface area contributed by atoms with E-state index >= 15 is 0 Å². The maximum absolute atomic E-state index is 13.1. The molecule has 31 heavy (non-hydrogen) atoms. The van der Waals surface area contributed by atoms with Crippen LogP contribution in [0.4, 0.5) is 5.69 Å². The summed E-state index contributed by atoms with van der Waals surface area (Å²) in [5.74, 6) is -0.0151. The zero-order chi connectivity index (χ0) is 22.4. The Labute approximate surface area is 182 Å². The number of nitrogens with one attached hydrogen (secondary N) is 1. The first-order valence-corrected chi connectivity index (χ1v) is 10.6. The molecule has 3 rings (SSSR count). The third-order valence-corrected chi connectivity index (χ3v) is 5.88. The molecule has 0 aromatic heterocycles. The zero-order valence-corrected chi connectivity index (χ0v) is 18.4. The first-order valence-electron chi connectivity index (χ1n) is 10.6. The first-order chi connectivity index (χ1) is 15.0. The van der Waals surface area contributed by atoms with Crippen LogP contribution in [0.15, 0.2) is 12.1 Å². The molecule has 9 nitrogen and oxygen atoms in total. The number of likely N-dealkylation sites (tertiary alicyclic amines) is 2. The van der Waals surface area contributed by atoms with Crippen LogP contribution in [0, 0.1) is 5.92 Å². The van der Waals surface area contributed by atoms with E-state index in [0.717, 1.165) is 25.9 Å². The Morgan fingerprint density at radius 3 is 2.26 bits per heavy atom. The molecule has 0 bridgehead atoms. The number of amides is 2. The van der Waals surface area contributed by atoms with Gasteiger partial charge in [-0.1, -0.05) is 0 Å². The molecule has 1 aromatic carbocycles. The number of methoxy groups -OCH3 is 3. The van der Waals surface area contributed by atoms with Crippen LogP contribution in [0.25, 0.3) is 0 Å². The van der Waals surface area contributed by atoms with Gasteiger partial charge < -0.3 is 24.4 Å². The molecule has 0 radical (unpaired) electrons. The standard InChI is InChI=1S/C22H31N3O6/c1-29-18-13-16(21(27)25-10-6-15(7-11-25)22(28)31-3)12-17(20(18)30-2)23-19(26)14-24-8-4-5-9-24/h12-13,15H,4-11,14H2,1-3H3,(H,23,26). The summed E-state index contributed by atoms with van der Waals surface area (Å²) < 4.78 is 15.7. The number of hydrogen-bond acceptors (Lipinski definition) is 7. The minimum absolute atomic E-state index is 0.161. The fourth-order valence-corrected chi connectivity index (χ4v) is 4.18. The van der Waals surface area contributed by atoms with Gasteiger partial charge in [-0.05, 0) is 50.9 Å². The summed E-state index contributed by atoms with van der Waals surface area (Å²) in [4.78, 5) is 41.2. The Kier molecular flexibility index (Phi) is 7.73. The summed E-state index contributed by atoms with van der Waals surface area (Å²) in [6.07, 6.45) is 3.32. The topological polar surface area (TPSA) is 97.4 Å². The molecular weight excluding hydrogens is 402 g/mol. The quantitative estimate of drug-likeness (QED) is 0.655. The van der Waals surface area contributed by atoms with Gasteiger partial charge in [-0.3, -0.25) is 19.3 Å². The molecule has 2 heterocycles. The van der Waals surface area contributed by atoms with Crippen molar-refractivity contribution in [3.63, 3.8) is 0 Å². The van der Waals surface area contributed by atoms with Crippen LogP contribution in [0.1, 0.15) is 36.0 Å². The second-order valence-electron chi connectivity index (χ2n) is 7.88. The van der Waals surface area contributed by atoms with E-state index in [9.17, 15) is 14.4 Å². The average molecular weight is 434 g/mol. The van der Waals surface area contributed by atoms with E-state index < -0.39 is 0 Å². The third kappa shape index (κ3) is 5.46. The molecule has 2 amide bonds. The second kappa shape index (κ2) is 10.5. The van der Waals surface area contributed by atoms with Crippen LogP contribution >= 0.6 is 0 Å². The molecule has 0 aliphatic carbocycles. The number of carbonyl (C=O) groups excluding carboxylic acids is 3. The molecule has 2 aliphatic heterocycles. The lowest BCUT2D eigenvalue weighted by molar-refractivity contribution is -0.146. The highest BCUT2D eigenvalue weighted by Gasteiger charge is 2.29. The van der Waals surface area contributed by atoms with Crippen molar-refractivity contribution < 1.29 is 28.6 Å². The number of ether oxygens (including phenoxy) is 3. The number of anilines is 1. The molecule has 2 aliphatic rings. The highest BCUT2D eigenvalue weighted by atomic mass is 16.5. The summed E-state index contributed by atoms with van der Waals surface area (Å²) in [7, 11) is 4.36. The van der Waals surface area contributed by atoms with Crippen LogP contribution in [0.5, 0.6) is 11.5 Å². The fourth-order valence-electron chi connectivity index (χ4n) is 4.18. The minimum atomic E-state index is -0.235. The molecule has 1 N–H and O–H groups in total. The van der Waals surface area contributed by atoms with Gasteiger partial charge in [0.2, 0.25) is 5.91 Å². The summed E-state index contributed by atoms with van der Waals surface area (Å²) in [6, 6.07) is 3.24. The number of esters is 1. The summed E-state index contributed by atoms with van der Waals surface area (Å²) in [5, 5.41) is 2.87. The van der Waals surface area contributed by atoms with Crippen molar-refractivity contribution in [2.24, 2.45) is 5.92 Å². The number of rotatable bonds is 7. The molecule has 170 valence electrons. The van der Waals surface area contributed by atoms with Crippen molar-refractivity contribution >= 4 is 23.5 Å². The van der Waals surface area contributed by atoms with Crippen LogP contribution < -0.4 is 14.8 Å². The normalized spacial score (nSPS) is 17.3. The Bertz CT molecular complexity index is 814. The van der Waals surface area contributed by atoms with Crippen molar-refractivity contribution in [3.8, 4) is 11.5 Å². The molecule has 0 atom stereocenters. The molecular formula is C22H31N3O6. The Balaban J connectivity index is 1.75. The van der Waals surface area contributed by atoms with Crippen molar-refractivity contribution in [2.45, 2.75) is 25.7 Å². The monoisotopic (exact) mass is 433 g/mol. The Morgan fingerprint density at radius 1 is 1.00 bits per heavy atom. The smallest absolute Gasteiger partial charge is 0.308 e. The van der Waals surface area contributed by atoms with Gasteiger partial charge in [0.25, 0.3) is 5.91 Å². The van der Waals surface area contributed by atoms with Crippen molar-refractivity contribution in [1.29, 1.82) is 0 Å². The van der Waals surface area contributed by atoms with Crippen molar-refractivity contribution in [1.82, 2.24) is 9.80 Å². The van der Waals surface area contributed by atoms with Gasteiger partial charge in [-0.15, -0.1) is 0 Å². The van der Waals surface area contributed by atoms with Crippen molar-refractivity contribution in [3.05, 3.63) is 17.7 Å². The first kappa shape index (κ1) is 22.9. The fraction of sp³-hybridized carbons (Fsp3) is 0.591. The summed E-state index contributed by atoms with van der Waals surface area (Å²) in [6.45, 7) is 3.04. The van der Waals surface area contributed by atoms with E-state index in [2.05, 4.69) is 10.2 Å². The number of hydrogen-bond donors (Lipinski definition) is 1. The highest BCUT2D eigenvalue weighted by Crippen LogP contribution is 2.37. The van der Waals surface area contributed by atoms with Gasteiger partial charge in [-0.2, -0.15) is 0 Å². The van der Waals surface area contributed by atoms with E-state index in [0.29, 0.717) is 55.2 Å². The molecule has 0 unspecified atom stereocenters.